The van der Waals surface area contributed by atoms with Gasteiger partial charge >= 0.3 is 5.97 Å². The molecule has 0 radical (unpaired) electrons. The third-order valence-electron chi connectivity index (χ3n) is 3.56. The first kappa shape index (κ1) is 20.0. The van der Waals surface area contributed by atoms with E-state index in [1.807, 2.05) is 6.07 Å². The molecule has 0 fully saturated rings. The molecular formula is C20H22N2O5. The van der Waals surface area contributed by atoms with Crippen molar-refractivity contribution in [3.63, 3.8) is 0 Å². The lowest BCUT2D eigenvalue weighted by atomic mass is 10.2. The van der Waals surface area contributed by atoms with Crippen LogP contribution in [0.25, 0.3) is 0 Å². The molecule has 0 saturated carbocycles. The molecule has 1 atom stereocenters. The van der Waals surface area contributed by atoms with Gasteiger partial charge in [-0.25, -0.2) is 4.79 Å². The molecule has 2 amide bonds. The Hall–Kier alpha value is -3.35. The second-order valence-electron chi connectivity index (χ2n) is 6.01. The van der Waals surface area contributed by atoms with Crippen molar-refractivity contribution >= 4 is 23.5 Å². The minimum absolute atomic E-state index is 0.130. The summed E-state index contributed by atoms with van der Waals surface area (Å²) in [6.07, 6.45) is -0.837. The van der Waals surface area contributed by atoms with Crippen LogP contribution in [0.2, 0.25) is 0 Å². The largest absolute Gasteiger partial charge is 0.479 e. The highest BCUT2D eigenvalue weighted by Gasteiger charge is 2.18. The van der Waals surface area contributed by atoms with Crippen LogP contribution in [0, 0.1) is 0 Å². The average molecular weight is 370 g/mol. The van der Waals surface area contributed by atoms with Gasteiger partial charge in [0.1, 0.15) is 5.75 Å². The standard InChI is InChI=1S/C20H22N2O5/c1-14(27-17-7-5-4-6-8-17)20(25)26-13-18(23)21-16-11-9-15(10-12-16)19(24)22(2)3/h4-12,14H,13H2,1-3H3,(H,21,23)/t14-/m0/s1. The average Bonchev–Trinajstić information content (AvgIpc) is 2.66. The monoisotopic (exact) mass is 370 g/mol. The second kappa shape index (κ2) is 9.38. The zero-order valence-electron chi connectivity index (χ0n) is 15.5. The molecule has 0 aliphatic carbocycles. The molecule has 0 saturated heterocycles. The summed E-state index contributed by atoms with van der Waals surface area (Å²) in [4.78, 5) is 37.1. The normalized spacial score (nSPS) is 11.2. The zero-order chi connectivity index (χ0) is 19.8. The van der Waals surface area contributed by atoms with Gasteiger partial charge in [-0.15, -0.1) is 0 Å². The Balaban J connectivity index is 1.80. The number of anilines is 1. The number of benzene rings is 2. The predicted molar refractivity (Wildman–Crippen MR) is 101 cm³/mol. The minimum Gasteiger partial charge on any atom is -0.479 e. The molecule has 27 heavy (non-hydrogen) atoms. The van der Waals surface area contributed by atoms with Crippen molar-refractivity contribution in [1.82, 2.24) is 4.90 Å². The van der Waals surface area contributed by atoms with Crippen molar-refractivity contribution in [2.45, 2.75) is 13.0 Å². The molecule has 0 heterocycles. The van der Waals surface area contributed by atoms with Gasteiger partial charge in [-0.3, -0.25) is 9.59 Å². The van der Waals surface area contributed by atoms with Crippen LogP contribution < -0.4 is 10.1 Å². The van der Waals surface area contributed by atoms with E-state index in [0.29, 0.717) is 17.0 Å². The highest BCUT2D eigenvalue weighted by atomic mass is 16.6. The fraction of sp³-hybridized carbons (Fsp3) is 0.250. The second-order valence-corrected chi connectivity index (χ2v) is 6.01. The summed E-state index contributed by atoms with van der Waals surface area (Å²) in [7, 11) is 3.32. The van der Waals surface area contributed by atoms with Gasteiger partial charge in [-0.2, -0.15) is 0 Å². The third kappa shape index (κ3) is 6.14. The van der Waals surface area contributed by atoms with E-state index in [-0.39, 0.29) is 5.91 Å². The molecule has 142 valence electrons. The van der Waals surface area contributed by atoms with E-state index in [1.165, 1.54) is 4.90 Å². The number of ether oxygens (including phenoxy) is 2. The van der Waals surface area contributed by atoms with Crippen molar-refractivity contribution in [2.24, 2.45) is 0 Å². The Bertz CT molecular complexity index is 788. The summed E-state index contributed by atoms with van der Waals surface area (Å²) in [5.74, 6) is -0.712. The fourth-order valence-electron chi connectivity index (χ4n) is 2.16. The highest BCUT2D eigenvalue weighted by molar-refractivity contribution is 5.96. The third-order valence-corrected chi connectivity index (χ3v) is 3.56. The molecule has 2 aromatic rings. The quantitative estimate of drug-likeness (QED) is 0.756. The fourth-order valence-corrected chi connectivity index (χ4v) is 2.16. The van der Waals surface area contributed by atoms with E-state index in [4.69, 9.17) is 9.47 Å². The number of amides is 2. The molecule has 7 nitrogen and oxygen atoms in total. The van der Waals surface area contributed by atoms with E-state index in [2.05, 4.69) is 5.32 Å². The molecule has 2 rings (SSSR count). The summed E-state index contributed by atoms with van der Waals surface area (Å²) in [5.41, 5.74) is 1.01. The summed E-state index contributed by atoms with van der Waals surface area (Å²) in [6.45, 7) is 1.12. The molecule has 1 N–H and O–H groups in total. The Morgan fingerprint density at radius 1 is 1.00 bits per heavy atom. The highest BCUT2D eigenvalue weighted by Crippen LogP contribution is 2.12. The first-order valence-electron chi connectivity index (χ1n) is 8.36. The van der Waals surface area contributed by atoms with E-state index in [0.717, 1.165) is 0 Å². The number of carbonyl (C=O) groups is 3. The Labute approximate surface area is 157 Å². The van der Waals surface area contributed by atoms with Crippen LogP contribution in [0.3, 0.4) is 0 Å². The van der Waals surface area contributed by atoms with Gasteiger partial charge in [0.05, 0.1) is 0 Å². The van der Waals surface area contributed by atoms with E-state index in [1.54, 1.807) is 69.6 Å². The van der Waals surface area contributed by atoms with Gasteiger partial charge in [0.25, 0.3) is 11.8 Å². The molecule has 0 spiro atoms. The molecule has 0 aliphatic heterocycles. The first-order valence-corrected chi connectivity index (χ1v) is 8.36. The van der Waals surface area contributed by atoms with Gasteiger partial charge < -0.3 is 19.7 Å². The molecule has 0 unspecified atom stereocenters. The van der Waals surface area contributed by atoms with E-state index >= 15 is 0 Å². The molecular weight excluding hydrogens is 348 g/mol. The van der Waals surface area contributed by atoms with Crippen LogP contribution >= 0.6 is 0 Å². The van der Waals surface area contributed by atoms with Crippen LogP contribution in [-0.2, 0) is 14.3 Å². The van der Waals surface area contributed by atoms with Gasteiger partial charge in [-0.05, 0) is 43.3 Å². The molecule has 7 heteroatoms. The van der Waals surface area contributed by atoms with Gasteiger partial charge in [0.15, 0.2) is 12.7 Å². The van der Waals surface area contributed by atoms with Gasteiger partial charge in [0, 0.05) is 25.3 Å². The SMILES string of the molecule is C[C@H](Oc1ccccc1)C(=O)OCC(=O)Nc1ccc(C(=O)N(C)C)cc1. The summed E-state index contributed by atoms with van der Waals surface area (Å²) in [6, 6.07) is 15.3. The van der Waals surface area contributed by atoms with Crippen LogP contribution in [0.5, 0.6) is 5.75 Å². The number of para-hydroxylation sites is 1. The maximum atomic E-state index is 11.9. The number of nitrogens with one attached hydrogen (secondary N) is 1. The molecule has 2 aromatic carbocycles. The zero-order valence-corrected chi connectivity index (χ0v) is 15.5. The maximum Gasteiger partial charge on any atom is 0.347 e. The number of carbonyl (C=O) groups excluding carboxylic acids is 3. The number of hydrogen-bond acceptors (Lipinski definition) is 5. The smallest absolute Gasteiger partial charge is 0.347 e. The minimum atomic E-state index is -0.837. The Kier molecular flexibility index (Phi) is 6.93. The Morgan fingerprint density at radius 3 is 2.22 bits per heavy atom. The number of rotatable bonds is 7. The van der Waals surface area contributed by atoms with Crippen LogP contribution in [0.4, 0.5) is 5.69 Å². The number of nitrogens with zero attached hydrogens (tertiary/aromatic N) is 1. The lowest BCUT2D eigenvalue weighted by molar-refractivity contribution is -0.153. The van der Waals surface area contributed by atoms with Gasteiger partial charge in [0.2, 0.25) is 0 Å². The topological polar surface area (TPSA) is 84.9 Å². The summed E-state index contributed by atoms with van der Waals surface area (Å²) < 4.78 is 10.4. The molecule has 0 aromatic heterocycles. The number of esters is 1. The first-order chi connectivity index (χ1) is 12.9. The molecule has 0 bridgehead atoms. The maximum absolute atomic E-state index is 11.9. The van der Waals surface area contributed by atoms with Crippen molar-refractivity contribution in [1.29, 1.82) is 0 Å². The molecule has 0 aliphatic rings. The Morgan fingerprint density at radius 2 is 1.63 bits per heavy atom. The van der Waals surface area contributed by atoms with Crippen LogP contribution in [0.15, 0.2) is 54.6 Å². The summed E-state index contributed by atoms with van der Waals surface area (Å²) in [5, 5.41) is 2.60. The lowest BCUT2D eigenvalue weighted by Crippen LogP contribution is -2.29. The predicted octanol–water partition coefficient (Wildman–Crippen LogP) is 2.34. The van der Waals surface area contributed by atoms with Crippen molar-refractivity contribution in [2.75, 3.05) is 26.0 Å². The lowest BCUT2D eigenvalue weighted by Gasteiger charge is -2.14. The van der Waals surface area contributed by atoms with Crippen molar-refractivity contribution in [3.8, 4) is 5.75 Å². The van der Waals surface area contributed by atoms with Gasteiger partial charge in [-0.1, -0.05) is 18.2 Å². The van der Waals surface area contributed by atoms with Crippen molar-refractivity contribution < 1.29 is 23.9 Å². The van der Waals surface area contributed by atoms with Crippen molar-refractivity contribution in [3.05, 3.63) is 60.2 Å². The van der Waals surface area contributed by atoms with E-state index in [9.17, 15) is 14.4 Å². The summed E-state index contributed by atoms with van der Waals surface area (Å²) >= 11 is 0. The number of hydrogen-bond donors (Lipinski definition) is 1. The van der Waals surface area contributed by atoms with Crippen LogP contribution in [0.1, 0.15) is 17.3 Å². The van der Waals surface area contributed by atoms with E-state index < -0.39 is 24.6 Å². The van der Waals surface area contributed by atoms with Crippen LogP contribution in [-0.4, -0.2) is 49.5 Å².